The summed E-state index contributed by atoms with van der Waals surface area (Å²) in [4.78, 5) is 0. The molecule has 0 aromatic heterocycles. The first kappa shape index (κ1) is 15.3. The predicted octanol–water partition coefficient (Wildman–Crippen LogP) is 0.882. The number of hydrogen-bond acceptors (Lipinski definition) is 5. The van der Waals surface area contributed by atoms with Crippen molar-refractivity contribution in [3.05, 3.63) is 28.8 Å². The van der Waals surface area contributed by atoms with Gasteiger partial charge in [0.25, 0.3) is 0 Å². The molecule has 1 rings (SSSR count). The topological polar surface area (TPSA) is 94.3 Å². The summed E-state index contributed by atoms with van der Waals surface area (Å²) in [5.41, 5.74) is 6.33. The van der Waals surface area contributed by atoms with Crippen molar-refractivity contribution in [2.75, 3.05) is 23.5 Å². The van der Waals surface area contributed by atoms with E-state index < -0.39 is 31.2 Å². The van der Waals surface area contributed by atoms with Crippen LogP contribution >= 0.6 is 11.6 Å². The van der Waals surface area contributed by atoms with Crippen LogP contribution < -0.4 is 5.73 Å². The maximum absolute atomic E-state index is 11.7. The van der Waals surface area contributed by atoms with Crippen LogP contribution in [0.4, 0.5) is 5.69 Å². The fourth-order valence-electron chi connectivity index (χ4n) is 1.29. The molecule has 0 aliphatic heterocycles. The Morgan fingerprint density at radius 3 is 2.33 bits per heavy atom. The summed E-state index contributed by atoms with van der Waals surface area (Å²) in [5, 5.41) is 0.298. The summed E-state index contributed by atoms with van der Waals surface area (Å²) in [6.45, 7) is 0. The van der Waals surface area contributed by atoms with E-state index >= 15 is 0 Å². The molecule has 5 nitrogen and oxygen atoms in total. The van der Waals surface area contributed by atoms with Gasteiger partial charge in [0.1, 0.15) is 9.84 Å². The van der Waals surface area contributed by atoms with Gasteiger partial charge in [-0.05, 0) is 23.8 Å². The fourth-order valence-corrected chi connectivity index (χ4v) is 4.64. The zero-order valence-electron chi connectivity index (χ0n) is 9.76. The molecular formula is C10H14ClNO4S2. The van der Waals surface area contributed by atoms with Gasteiger partial charge in [0.15, 0.2) is 9.84 Å². The van der Waals surface area contributed by atoms with Crippen LogP contribution in [0.5, 0.6) is 0 Å². The maximum Gasteiger partial charge on any atom is 0.155 e. The quantitative estimate of drug-likeness (QED) is 0.815. The van der Waals surface area contributed by atoms with Crippen LogP contribution in [0.15, 0.2) is 18.2 Å². The number of sulfone groups is 2. The molecular weight excluding hydrogens is 298 g/mol. The van der Waals surface area contributed by atoms with E-state index in [9.17, 15) is 16.8 Å². The first-order valence-electron chi connectivity index (χ1n) is 5.01. The van der Waals surface area contributed by atoms with Gasteiger partial charge in [0, 0.05) is 17.0 Å². The molecule has 0 amide bonds. The molecule has 1 aromatic carbocycles. The van der Waals surface area contributed by atoms with E-state index in [1.165, 1.54) is 12.1 Å². The molecule has 2 N–H and O–H groups in total. The van der Waals surface area contributed by atoms with Gasteiger partial charge in [0.2, 0.25) is 0 Å². The Hall–Kier alpha value is -0.790. The zero-order valence-corrected chi connectivity index (χ0v) is 12.1. The third-order valence-corrected chi connectivity index (χ3v) is 5.36. The van der Waals surface area contributed by atoms with Gasteiger partial charge < -0.3 is 5.73 Å². The minimum Gasteiger partial charge on any atom is -0.399 e. The second kappa shape index (κ2) is 5.46. The van der Waals surface area contributed by atoms with E-state index in [1.807, 2.05) is 0 Å². The smallest absolute Gasteiger partial charge is 0.155 e. The summed E-state index contributed by atoms with van der Waals surface area (Å²) in [5.74, 6) is -1.13. The molecule has 0 saturated carbocycles. The van der Waals surface area contributed by atoms with Gasteiger partial charge in [-0.2, -0.15) is 0 Å². The molecule has 0 saturated heterocycles. The molecule has 8 heteroatoms. The molecule has 0 aliphatic rings. The Labute approximate surface area is 112 Å². The van der Waals surface area contributed by atoms with Crippen LogP contribution in [0.3, 0.4) is 0 Å². The monoisotopic (exact) mass is 311 g/mol. The lowest BCUT2D eigenvalue weighted by atomic mass is 10.2. The number of nitrogen functional groups attached to an aromatic ring is 1. The normalized spacial score (nSPS) is 12.6. The highest BCUT2D eigenvalue weighted by Crippen LogP contribution is 2.21. The van der Waals surface area contributed by atoms with E-state index in [2.05, 4.69) is 0 Å². The highest BCUT2D eigenvalue weighted by molar-refractivity contribution is 7.94. The van der Waals surface area contributed by atoms with Crippen LogP contribution in [-0.4, -0.2) is 34.6 Å². The van der Waals surface area contributed by atoms with E-state index in [-0.39, 0.29) is 5.75 Å². The number of rotatable bonds is 5. The van der Waals surface area contributed by atoms with E-state index in [4.69, 9.17) is 17.3 Å². The Morgan fingerprint density at radius 1 is 1.17 bits per heavy atom. The van der Waals surface area contributed by atoms with Crippen molar-refractivity contribution in [3.8, 4) is 0 Å². The highest BCUT2D eigenvalue weighted by Gasteiger charge is 2.17. The van der Waals surface area contributed by atoms with Crippen LogP contribution in [0.25, 0.3) is 0 Å². The van der Waals surface area contributed by atoms with Crippen LogP contribution in [0.1, 0.15) is 5.56 Å². The van der Waals surface area contributed by atoms with Crippen molar-refractivity contribution < 1.29 is 16.8 Å². The third kappa shape index (κ3) is 5.24. The number of nitrogens with two attached hydrogens (primary N) is 1. The van der Waals surface area contributed by atoms with Gasteiger partial charge in [-0.25, -0.2) is 16.8 Å². The molecule has 0 bridgehead atoms. The summed E-state index contributed by atoms with van der Waals surface area (Å²) in [7, 11) is -6.83. The highest BCUT2D eigenvalue weighted by atomic mass is 35.5. The van der Waals surface area contributed by atoms with Gasteiger partial charge in [0.05, 0.1) is 17.3 Å². The zero-order chi connectivity index (χ0) is 14.0. The maximum atomic E-state index is 11.7. The lowest BCUT2D eigenvalue weighted by molar-refractivity contribution is 0.589. The van der Waals surface area contributed by atoms with Gasteiger partial charge in [-0.3, -0.25) is 0 Å². The molecule has 0 aliphatic carbocycles. The first-order chi connectivity index (χ1) is 8.09. The van der Waals surface area contributed by atoms with Crippen molar-refractivity contribution in [2.24, 2.45) is 0 Å². The lowest BCUT2D eigenvalue weighted by Gasteiger charge is -2.06. The van der Waals surface area contributed by atoms with Crippen molar-refractivity contribution in [3.63, 3.8) is 0 Å². The molecule has 0 atom stereocenters. The molecule has 0 fully saturated rings. The minimum atomic E-state index is -3.53. The molecule has 0 unspecified atom stereocenters. The Balaban J connectivity index is 2.86. The van der Waals surface area contributed by atoms with Crippen molar-refractivity contribution in [1.29, 1.82) is 0 Å². The van der Waals surface area contributed by atoms with E-state index in [0.29, 0.717) is 16.3 Å². The first-order valence-corrected chi connectivity index (χ1v) is 9.27. The van der Waals surface area contributed by atoms with Crippen LogP contribution in [0.2, 0.25) is 5.02 Å². The summed E-state index contributed by atoms with van der Waals surface area (Å²) in [6, 6.07) is 4.55. The van der Waals surface area contributed by atoms with Gasteiger partial charge in [-0.1, -0.05) is 11.6 Å². The molecule has 0 radical (unpaired) electrons. The average Bonchev–Trinajstić information content (AvgIpc) is 2.20. The molecule has 1 aromatic rings. The molecule has 0 spiro atoms. The van der Waals surface area contributed by atoms with Crippen LogP contribution in [0, 0.1) is 0 Å². The Kier molecular flexibility index (Phi) is 4.63. The number of benzene rings is 1. The second-order valence-electron chi connectivity index (χ2n) is 4.07. The molecule has 102 valence electrons. The average molecular weight is 312 g/mol. The van der Waals surface area contributed by atoms with Gasteiger partial charge >= 0.3 is 0 Å². The largest absolute Gasteiger partial charge is 0.399 e. The Morgan fingerprint density at radius 2 is 1.78 bits per heavy atom. The number of anilines is 1. The summed E-state index contributed by atoms with van der Waals surface area (Å²) in [6.07, 6.45) is 0.996. The van der Waals surface area contributed by atoms with Gasteiger partial charge in [-0.15, -0.1) is 0 Å². The predicted molar refractivity (Wildman–Crippen MR) is 73.1 cm³/mol. The SMILES string of the molecule is CS(=O)(=O)CCS(=O)(=O)Cc1cc(N)ccc1Cl. The Bertz CT molecular complexity index is 638. The van der Waals surface area contributed by atoms with Crippen molar-refractivity contribution in [2.45, 2.75) is 5.75 Å². The van der Waals surface area contributed by atoms with E-state index in [1.54, 1.807) is 6.07 Å². The summed E-state index contributed by atoms with van der Waals surface area (Å²) < 4.78 is 45.4. The fraction of sp³-hybridized carbons (Fsp3) is 0.400. The van der Waals surface area contributed by atoms with Crippen LogP contribution in [-0.2, 0) is 25.4 Å². The number of halogens is 1. The minimum absolute atomic E-state index is 0.298. The third-order valence-electron chi connectivity index (χ3n) is 2.21. The molecule has 18 heavy (non-hydrogen) atoms. The van der Waals surface area contributed by atoms with Crippen molar-refractivity contribution in [1.82, 2.24) is 0 Å². The second-order valence-corrected chi connectivity index (χ2v) is 8.92. The van der Waals surface area contributed by atoms with E-state index in [0.717, 1.165) is 6.26 Å². The lowest BCUT2D eigenvalue weighted by Crippen LogP contribution is -2.17. The standard InChI is InChI=1S/C10H14ClNO4S2/c1-17(13,14)4-5-18(15,16)7-8-6-9(12)2-3-10(8)11/h2-3,6H,4-5,7,12H2,1H3. The summed E-state index contributed by atoms with van der Waals surface area (Å²) >= 11 is 5.85. The number of hydrogen-bond donors (Lipinski definition) is 1. The van der Waals surface area contributed by atoms with Crippen molar-refractivity contribution >= 4 is 37.0 Å². The molecule has 0 heterocycles.